The summed E-state index contributed by atoms with van der Waals surface area (Å²) < 4.78 is 10.9. The van der Waals surface area contributed by atoms with Crippen molar-refractivity contribution < 1.29 is 18.7 Å². The average molecular weight is 383 g/mol. The van der Waals surface area contributed by atoms with Gasteiger partial charge in [-0.05, 0) is 50.3 Å². The number of ether oxygens (including phenoxy) is 1. The Bertz CT molecular complexity index is 968. The first-order valence-corrected chi connectivity index (χ1v) is 10.1. The van der Waals surface area contributed by atoms with Gasteiger partial charge in [-0.3, -0.25) is 4.79 Å². The molecule has 0 aliphatic heterocycles. The quantitative estimate of drug-likeness (QED) is 0.487. The molecule has 0 saturated heterocycles. The molecule has 0 amide bonds. The molecule has 0 bridgehead atoms. The van der Waals surface area contributed by atoms with E-state index in [4.69, 9.17) is 9.15 Å². The summed E-state index contributed by atoms with van der Waals surface area (Å²) in [7, 11) is 0. The number of esters is 1. The fourth-order valence-electron chi connectivity index (χ4n) is 3.48. The van der Waals surface area contributed by atoms with Crippen molar-refractivity contribution in [3.63, 3.8) is 0 Å². The number of fused-ring (bicyclic) bond motifs is 2. The molecule has 1 aliphatic rings. The Hall–Kier alpha value is -2.60. The average Bonchev–Trinajstić information content (AvgIpc) is 3.27. The molecule has 0 atom stereocenters. The fraction of sp³-hybridized carbons (Fsp3) is 0.333. The summed E-state index contributed by atoms with van der Waals surface area (Å²) in [6.45, 7) is 2.21. The number of aryl methyl sites for hydroxylation is 1. The SMILES string of the molecule is CCOC(=O)c1c(NCC(=O)c2cc3ccccc3o2)sc2c1CCCC2. The van der Waals surface area contributed by atoms with E-state index in [9.17, 15) is 9.59 Å². The van der Waals surface area contributed by atoms with Gasteiger partial charge in [0.1, 0.15) is 10.6 Å². The molecule has 0 saturated carbocycles. The van der Waals surface area contributed by atoms with Crippen molar-refractivity contribution in [3.8, 4) is 0 Å². The Morgan fingerprint density at radius 3 is 2.85 bits per heavy atom. The maximum atomic E-state index is 12.6. The third-order valence-corrected chi connectivity index (χ3v) is 6.01. The van der Waals surface area contributed by atoms with Crippen molar-refractivity contribution in [1.29, 1.82) is 0 Å². The van der Waals surface area contributed by atoms with Crippen LogP contribution < -0.4 is 5.32 Å². The van der Waals surface area contributed by atoms with E-state index in [-0.39, 0.29) is 18.3 Å². The smallest absolute Gasteiger partial charge is 0.341 e. The second-order valence-corrected chi connectivity index (χ2v) is 7.67. The fourth-order valence-corrected chi connectivity index (χ4v) is 4.75. The largest absolute Gasteiger partial charge is 0.462 e. The summed E-state index contributed by atoms with van der Waals surface area (Å²) in [5.74, 6) is -0.134. The predicted octanol–water partition coefficient (Wildman–Crippen LogP) is 4.84. The lowest BCUT2D eigenvalue weighted by Gasteiger charge is -2.12. The molecule has 0 unspecified atom stereocenters. The molecule has 2 aromatic heterocycles. The number of benzene rings is 1. The van der Waals surface area contributed by atoms with Crippen LogP contribution in [-0.4, -0.2) is 24.9 Å². The molecule has 6 heteroatoms. The summed E-state index contributed by atoms with van der Waals surface area (Å²) >= 11 is 1.56. The lowest BCUT2D eigenvalue weighted by atomic mass is 9.95. The van der Waals surface area contributed by atoms with Crippen LogP contribution in [0.5, 0.6) is 0 Å². The maximum absolute atomic E-state index is 12.6. The van der Waals surface area contributed by atoms with Gasteiger partial charge in [0.05, 0.1) is 18.7 Å². The van der Waals surface area contributed by atoms with Gasteiger partial charge in [-0.2, -0.15) is 0 Å². The van der Waals surface area contributed by atoms with Crippen LogP contribution in [0.25, 0.3) is 11.0 Å². The van der Waals surface area contributed by atoms with E-state index >= 15 is 0 Å². The lowest BCUT2D eigenvalue weighted by Crippen LogP contribution is -2.16. The number of carbonyl (C=O) groups excluding carboxylic acids is 2. The van der Waals surface area contributed by atoms with E-state index in [1.165, 1.54) is 4.88 Å². The predicted molar refractivity (Wildman–Crippen MR) is 106 cm³/mol. The zero-order valence-electron chi connectivity index (χ0n) is 15.2. The number of anilines is 1. The molecule has 0 radical (unpaired) electrons. The maximum Gasteiger partial charge on any atom is 0.341 e. The molecule has 1 aliphatic carbocycles. The third kappa shape index (κ3) is 3.49. The topological polar surface area (TPSA) is 68.5 Å². The minimum atomic E-state index is -0.310. The molecular formula is C21H21NO4S. The highest BCUT2D eigenvalue weighted by atomic mass is 32.1. The van der Waals surface area contributed by atoms with Crippen LogP contribution in [-0.2, 0) is 17.6 Å². The van der Waals surface area contributed by atoms with E-state index in [0.717, 1.165) is 41.6 Å². The van der Waals surface area contributed by atoms with Crippen LogP contribution in [0.3, 0.4) is 0 Å². The van der Waals surface area contributed by atoms with Crippen molar-refractivity contribution in [3.05, 3.63) is 52.1 Å². The molecule has 0 spiro atoms. The minimum absolute atomic E-state index is 0.0750. The molecule has 5 nitrogen and oxygen atoms in total. The van der Waals surface area contributed by atoms with Gasteiger partial charge < -0.3 is 14.5 Å². The third-order valence-electron chi connectivity index (χ3n) is 4.76. The van der Waals surface area contributed by atoms with Gasteiger partial charge >= 0.3 is 5.97 Å². The molecule has 4 rings (SSSR count). The number of nitrogens with one attached hydrogen (secondary N) is 1. The van der Waals surface area contributed by atoms with Crippen LogP contribution in [0, 0.1) is 0 Å². The number of hydrogen-bond acceptors (Lipinski definition) is 6. The second kappa shape index (κ2) is 7.56. The number of para-hydroxylation sites is 1. The first-order valence-electron chi connectivity index (χ1n) is 9.24. The highest BCUT2D eigenvalue weighted by Crippen LogP contribution is 2.38. The molecule has 27 heavy (non-hydrogen) atoms. The number of ketones is 1. The Morgan fingerprint density at radius 2 is 2.04 bits per heavy atom. The summed E-state index contributed by atoms with van der Waals surface area (Å²) in [4.78, 5) is 26.3. The Labute approximate surface area is 161 Å². The Morgan fingerprint density at radius 1 is 1.22 bits per heavy atom. The highest BCUT2D eigenvalue weighted by Gasteiger charge is 2.26. The zero-order valence-corrected chi connectivity index (χ0v) is 16.0. The molecule has 1 aromatic carbocycles. The van der Waals surface area contributed by atoms with Crippen LogP contribution in [0.2, 0.25) is 0 Å². The number of rotatable bonds is 6. The van der Waals surface area contributed by atoms with Gasteiger partial charge in [0.2, 0.25) is 5.78 Å². The van der Waals surface area contributed by atoms with Crippen molar-refractivity contribution in [2.24, 2.45) is 0 Å². The Balaban J connectivity index is 1.55. The number of Topliss-reactive ketones (excluding diaryl/α,β-unsaturated/α-hetero) is 1. The van der Waals surface area contributed by atoms with E-state index in [1.54, 1.807) is 24.3 Å². The van der Waals surface area contributed by atoms with Crippen molar-refractivity contribution in [1.82, 2.24) is 0 Å². The van der Waals surface area contributed by atoms with Gasteiger partial charge in [-0.1, -0.05) is 18.2 Å². The molecule has 3 aromatic rings. The normalized spacial score (nSPS) is 13.4. The monoisotopic (exact) mass is 383 g/mol. The van der Waals surface area contributed by atoms with Crippen molar-refractivity contribution in [2.45, 2.75) is 32.6 Å². The molecular weight excluding hydrogens is 362 g/mol. The summed E-state index contributed by atoms with van der Waals surface area (Å²) in [6, 6.07) is 9.29. The van der Waals surface area contributed by atoms with Gasteiger partial charge in [0, 0.05) is 10.3 Å². The summed E-state index contributed by atoms with van der Waals surface area (Å²) in [5, 5.41) is 4.79. The van der Waals surface area contributed by atoms with Crippen LogP contribution >= 0.6 is 11.3 Å². The summed E-state index contributed by atoms with van der Waals surface area (Å²) in [5.41, 5.74) is 2.39. The first-order chi connectivity index (χ1) is 13.2. The van der Waals surface area contributed by atoms with Crippen LogP contribution in [0.15, 0.2) is 34.7 Å². The van der Waals surface area contributed by atoms with Crippen molar-refractivity contribution >= 4 is 39.1 Å². The first kappa shape index (κ1) is 17.8. The van der Waals surface area contributed by atoms with Crippen LogP contribution in [0.1, 0.15) is 51.1 Å². The zero-order chi connectivity index (χ0) is 18.8. The van der Waals surface area contributed by atoms with Crippen molar-refractivity contribution in [2.75, 3.05) is 18.5 Å². The molecule has 1 N–H and O–H groups in total. The van der Waals surface area contributed by atoms with Gasteiger partial charge in [0.25, 0.3) is 0 Å². The number of furan rings is 1. The number of hydrogen-bond donors (Lipinski definition) is 1. The van der Waals surface area contributed by atoms with Gasteiger partial charge in [-0.15, -0.1) is 11.3 Å². The van der Waals surface area contributed by atoms with Gasteiger partial charge in [-0.25, -0.2) is 4.79 Å². The number of carbonyl (C=O) groups is 2. The number of thiophene rings is 1. The highest BCUT2D eigenvalue weighted by molar-refractivity contribution is 7.16. The lowest BCUT2D eigenvalue weighted by molar-refractivity contribution is 0.0526. The van der Waals surface area contributed by atoms with E-state index in [0.29, 0.717) is 23.5 Å². The van der Waals surface area contributed by atoms with E-state index < -0.39 is 0 Å². The molecule has 140 valence electrons. The standard InChI is InChI=1S/C21H21NO4S/c1-2-25-21(24)19-14-8-4-6-10-18(14)27-20(19)22-12-15(23)17-11-13-7-3-5-9-16(13)26-17/h3,5,7,9,11,22H,2,4,6,8,10,12H2,1H3. The van der Waals surface area contributed by atoms with Gasteiger partial charge in [0.15, 0.2) is 5.76 Å². The van der Waals surface area contributed by atoms with Crippen LogP contribution in [0.4, 0.5) is 5.00 Å². The van der Waals surface area contributed by atoms with E-state index in [2.05, 4.69) is 5.32 Å². The molecule has 2 heterocycles. The minimum Gasteiger partial charge on any atom is -0.462 e. The van der Waals surface area contributed by atoms with E-state index in [1.807, 2.05) is 24.3 Å². The Kier molecular flexibility index (Phi) is 4.99. The molecule has 0 fully saturated rings. The second-order valence-electron chi connectivity index (χ2n) is 6.56. The summed E-state index contributed by atoms with van der Waals surface area (Å²) in [6.07, 6.45) is 4.07.